The zero-order chi connectivity index (χ0) is 15.9. The van der Waals surface area contributed by atoms with Crippen molar-refractivity contribution in [2.45, 2.75) is 26.3 Å². The zero-order valence-corrected chi connectivity index (χ0v) is 14.8. The minimum absolute atomic E-state index is 0.294. The highest BCUT2D eigenvalue weighted by atomic mass is 35.5. The largest absolute Gasteiger partial charge is 0.496 e. The number of rotatable bonds is 3. The molecule has 5 heteroatoms. The second-order valence-corrected chi connectivity index (χ2v) is 7.14. The van der Waals surface area contributed by atoms with Crippen LogP contribution in [0, 0.1) is 12.8 Å². The van der Waals surface area contributed by atoms with Crippen LogP contribution in [0.5, 0.6) is 5.75 Å². The third-order valence-corrected chi connectivity index (χ3v) is 5.59. The Hall–Kier alpha value is -1.26. The van der Waals surface area contributed by atoms with E-state index in [9.17, 15) is 0 Å². The van der Waals surface area contributed by atoms with E-state index in [-0.39, 0.29) is 5.54 Å². The molecule has 0 spiro atoms. The van der Waals surface area contributed by atoms with Gasteiger partial charge in [0.2, 0.25) is 0 Å². The second-order valence-electron chi connectivity index (χ2n) is 5.90. The van der Waals surface area contributed by atoms with Gasteiger partial charge in [-0.3, -0.25) is 4.99 Å². The van der Waals surface area contributed by atoms with E-state index in [2.05, 4.69) is 13.8 Å². The number of benzene rings is 1. The smallest absolute Gasteiger partial charge is 0.123 e. The lowest BCUT2D eigenvalue weighted by atomic mass is 9.85. The SMILES string of the molecule is COc1ccc2c(Cl)cc(C3(C(C)C)CSC=N3)nc2c1C. The monoisotopic (exact) mass is 334 g/mol. The number of fused-ring (bicyclic) bond motifs is 1. The fourth-order valence-corrected chi connectivity index (χ4v) is 4.30. The molecule has 3 nitrogen and oxygen atoms in total. The molecule has 0 amide bonds. The molecule has 22 heavy (non-hydrogen) atoms. The van der Waals surface area contributed by atoms with Crippen LogP contribution in [0.2, 0.25) is 5.02 Å². The first-order valence-corrected chi connectivity index (χ1v) is 8.72. The Bertz CT molecular complexity index is 760. The van der Waals surface area contributed by atoms with Gasteiger partial charge in [-0.25, -0.2) is 4.98 Å². The number of aliphatic imine (C=N–C) groups is 1. The summed E-state index contributed by atoms with van der Waals surface area (Å²) in [6.45, 7) is 6.38. The number of hydrogen-bond acceptors (Lipinski definition) is 4. The van der Waals surface area contributed by atoms with Crippen molar-refractivity contribution in [1.29, 1.82) is 0 Å². The Morgan fingerprint density at radius 1 is 1.36 bits per heavy atom. The lowest BCUT2D eigenvalue weighted by molar-refractivity contribution is 0.359. The maximum absolute atomic E-state index is 6.54. The van der Waals surface area contributed by atoms with Crippen LogP contribution in [0.3, 0.4) is 0 Å². The fraction of sp³-hybridized carbons (Fsp3) is 0.412. The van der Waals surface area contributed by atoms with Gasteiger partial charge in [0.15, 0.2) is 0 Å². The first-order valence-electron chi connectivity index (χ1n) is 7.29. The van der Waals surface area contributed by atoms with Gasteiger partial charge >= 0.3 is 0 Å². The maximum Gasteiger partial charge on any atom is 0.123 e. The Morgan fingerprint density at radius 2 is 2.14 bits per heavy atom. The summed E-state index contributed by atoms with van der Waals surface area (Å²) in [4.78, 5) is 9.67. The average Bonchev–Trinajstić information content (AvgIpc) is 2.99. The summed E-state index contributed by atoms with van der Waals surface area (Å²) >= 11 is 8.26. The Morgan fingerprint density at radius 3 is 2.73 bits per heavy atom. The van der Waals surface area contributed by atoms with Crippen molar-refractivity contribution < 1.29 is 4.74 Å². The number of nitrogens with zero attached hydrogens (tertiary/aromatic N) is 2. The molecule has 1 aliphatic heterocycles. The van der Waals surface area contributed by atoms with E-state index in [0.29, 0.717) is 5.92 Å². The van der Waals surface area contributed by atoms with Gasteiger partial charge in [-0.05, 0) is 31.0 Å². The van der Waals surface area contributed by atoms with Crippen LogP contribution in [0.15, 0.2) is 23.2 Å². The van der Waals surface area contributed by atoms with E-state index in [1.54, 1.807) is 18.9 Å². The number of ether oxygens (including phenoxy) is 1. The molecule has 1 aliphatic rings. The Kier molecular flexibility index (Phi) is 4.08. The highest BCUT2D eigenvalue weighted by Crippen LogP contribution is 2.42. The summed E-state index contributed by atoms with van der Waals surface area (Å²) < 4.78 is 5.41. The molecule has 1 atom stereocenters. The van der Waals surface area contributed by atoms with E-state index in [1.165, 1.54) is 0 Å². The van der Waals surface area contributed by atoms with Gasteiger partial charge in [0, 0.05) is 16.7 Å². The van der Waals surface area contributed by atoms with E-state index >= 15 is 0 Å². The molecular weight excluding hydrogens is 316 g/mol. The van der Waals surface area contributed by atoms with Crippen LogP contribution >= 0.6 is 23.4 Å². The second kappa shape index (κ2) is 5.74. The molecule has 1 aromatic carbocycles. The van der Waals surface area contributed by atoms with Crippen LogP contribution in [0.1, 0.15) is 25.1 Å². The molecule has 0 saturated carbocycles. The van der Waals surface area contributed by atoms with Gasteiger partial charge in [0.05, 0.1) is 28.9 Å². The number of methoxy groups -OCH3 is 1. The number of thioether (sulfide) groups is 1. The molecular formula is C17H19ClN2OS. The zero-order valence-electron chi connectivity index (χ0n) is 13.2. The van der Waals surface area contributed by atoms with Gasteiger partial charge in [-0.2, -0.15) is 0 Å². The van der Waals surface area contributed by atoms with Crippen LogP contribution in [-0.4, -0.2) is 23.4 Å². The lowest BCUT2D eigenvalue weighted by Gasteiger charge is -2.30. The fourth-order valence-electron chi connectivity index (χ4n) is 2.90. The number of aromatic nitrogens is 1. The normalized spacial score (nSPS) is 21.0. The minimum atomic E-state index is -0.294. The molecule has 0 fully saturated rings. The lowest BCUT2D eigenvalue weighted by Crippen LogP contribution is -2.31. The van der Waals surface area contributed by atoms with E-state index in [4.69, 9.17) is 26.3 Å². The number of aryl methyl sites for hydroxylation is 1. The predicted molar refractivity (Wildman–Crippen MR) is 95.5 cm³/mol. The van der Waals surface area contributed by atoms with Crippen LogP contribution in [0.4, 0.5) is 0 Å². The average molecular weight is 335 g/mol. The van der Waals surface area contributed by atoms with Crippen molar-refractivity contribution in [1.82, 2.24) is 4.98 Å². The van der Waals surface area contributed by atoms with Crippen LogP contribution in [-0.2, 0) is 5.54 Å². The number of halogens is 1. The maximum atomic E-state index is 6.54. The quantitative estimate of drug-likeness (QED) is 0.806. The molecule has 0 radical (unpaired) electrons. The van der Waals surface area contributed by atoms with Crippen molar-refractivity contribution >= 4 is 39.8 Å². The topological polar surface area (TPSA) is 34.5 Å². The van der Waals surface area contributed by atoms with Gasteiger partial charge in [0.25, 0.3) is 0 Å². The molecule has 116 valence electrons. The standard InChI is InChI=1S/C17H19ClN2OS/c1-10(2)17(8-22-9-19-17)15-7-13(18)12-5-6-14(21-4)11(3)16(12)20-15/h5-7,9-10H,8H2,1-4H3. The summed E-state index contributed by atoms with van der Waals surface area (Å²) in [5, 5.41) is 1.68. The third-order valence-electron chi connectivity index (χ3n) is 4.41. The molecule has 0 saturated heterocycles. The number of hydrogen-bond donors (Lipinski definition) is 0. The van der Waals surface area contributed by atoms with Gasteiger partial charge in [-0.1, -0.05) is 25.4 Å². The summed E-state index contributed by atoms with van der Waals surface area (Å²) in [5.41, 5.74) is 4.49. The molecule has 0 bridgehead atoms. The van der Waals surface area contributed by atoms with Gasteiger partial charge in [-0.15, -0.1) is 11.8 Å². The molecule has 1 unspecified atom stereocenters. The molecule has 0 N–H and O–H groups in total. The molecule has 1 aromatic heterocycles. The van der Waals surface area contributed by atoms with Crippen molar-refractivity contribution in [3.8, 4) is 5.75 Å². The Balaban J connectivity index is 2.28. The minimum Gasteiger partial charge on any atom is -0.496 e. The Labute approximate surface area is 140 Å². The van der Waals surface area contributed by atoms with Gasteiger partial charge < -0.3 is 4.74 Å². The highest BCUT2D eigenvalue weighted by Gasteiger charge is 2.39. The number of pyridine rings is 1. The van der Waals surface area contributed by atoms with E-state index < -0.39 is 0 Å². The summed E-state index contributed by atoms with van der Waals surface area (Å²) in [7, 11) is 1.67. The van der Waals surface area contributed by atoms with Crippen molar-refractivity contribution in [3.63, 3.8) is 0 Å². The van der Waals surface area contributed by atoms with Crippen molar-refractivity contribution in [2.24, 2.45) is 10.9 Å². The summed E-state index contributed by atoms with van der Waals surface area (Å²) in [5.74, 6) is 2.09. The van der Waals surface area contributed by atoms with E-state index in [0.717, 1.165) is 38.7 Å². The first kappa shape index (κ1) is 15.6. The van der Waals surface area contributed by atoms with Crippen LogP contribution in [0.25, 0.3) is 10.9 Å². The van der Waals surface area contributed by atoms with Crippen molar-refractivity contribution in [3.05, 3.63) is 34.5 Å². The molecule has 3 rings (SSSR count). The summed E-state index contributed by atoms with van der Waals surface area (Å²) in [6, 6.07) is 5.88. The predicted octanol–water partition coefficient (Wildman–Crippen LogP) is 4.83. The summed E-state index contributed by atoms with van der Waals surface area (Å²) in [6.07, 6.45) is 0. The van der Waals surface area contributed by atoms with Crippen LogP contribution < -0.4 is 4.74 Å². The van der Waals surface area contributed by atoms with Crippen molar-refractivity contribution in [2.75, 3.05) is 12.9 Å². The molecule has 2 aromatic rings. The molecule has 0 aliphatic carbocycles. The molecule has 2 heterocycles. The van der Waals surface area contributed by atoms with Gasteiger partial charge in [0.1, 0.15) is 11.3 Å². The third kappa shape index (κ3) is 2.29. The first-order chi connectivity index (χ1) is 10.5. The highest BCUT2D eigenvalue weighted by molar-refractivity contribution is 8.12. The van der Waals surface area contributed by atoms with E-state index in [1.807, 2.05) is 30.7 Å².